The summed E-state index contributed by atoms with van der Waals surface area (Å²) >= 11 is 0. The Balaban J connectivity index is 1.65. The fraction of sp³-hybridized carbons (Fsp3) is 0.444. The standard InChI is InChI=1S/C18H23N7O/c1-24-8-5-18(26,6-9-24)12-20-16-14-11-21-25(2)17(14)23-15(22-16)13-4-3-7-19-10-13/h3-4,7,10-11,26H,5-6,8-9,12H2,1-2H3,(H,20,22,23). The summed E-state index contributed by atoms with van der Waals surface area (Å²) in [7, 11) is 3.94. The summed E-state index contributed by atoms with van der Waals surface area (Å²) in [4.78, 5) is 15.7. The van der Waals surface area contributed by atoms with Crippen LogP contribution >= 0.6 is 0 Å². The van der Waals surface area contributed by atoms with Crippen LogP contribution in [0.25, 0.3) is 22.4 Å². The van der Waals surface area contributed by atoms with E-state index in [0.29, 0.717) is 18.2 Å². The number of aryl methyl sites for hydroxylation is 1. The largest absolute Gasteiger partial charge is 0.388 e. The van der Waals surface area contributed by atoms with E-state index in [2.05, 4.69) is 37.3 Å². The second-order valence-corrected chi connectivity index (χ2v) is 7.02. The van der Waals surface area contributed by atoms with E-state index in [1.807, 2.05) is 19.2 Å². The van der Waals surface area contributed by atoms with Crippen LogP contribution in [-0.4, -0.2) is 67.0 Å². The molecule has 26 heavy (non-hydrogen) atoms. The lowest BCUT2D eigenvalue weighted by Crippen LogP contribution is -2.47. The number of pyridine rings is 1. The maximum Gasteiger partial charge on any atom is 0.165 e. The Hall–Kier alpha value is -2.58. The van der Waals surface area contributed by atoms with Gasteiger partial charge in [-0.05, 0) is 32.0 Å². The molecule has 4 rings (SSSR count). The molecule has 0 spiro atoms. The number of rotatable bonds is 4. The summed E-state index contributed by atoms with van der Waals surface area (Å²) in [5.41, 5.74) is 0.869. The fourth-order valence-electron chi connectivity index (χ4n) is 3.24. The lowest BCUT2D eigenvalue weighted by atomic mass is 9.91. The minimum absolute atomic E-state index is 0.453. The molecular weight excluding hydrogens is 330 g/mol. The molecule has 136 valence electrons. The van der Waals surface area contributed by atoms with Crippen LogP contribution in [0.4, 0.5) is 5.82 Å². The van der Waals surface area contributed by atoms with Crippen molar-refractivity contribution in [1.29, 1.82) is 0 Å². The lowest BCUT2D eigenvalue weighted by Gasteiger charge is -2.36. The van der Waals surface area contributed by atoms with Crippen molar-refractivity contribution in [2.75, 3.05) is 32.0 Å². The zero-order valence-electron chi connectivity index (χ0n) is 15.1. The molecule has 8 nitrogen and oxygen atoms in total. The number of nitrogens with zero attached hydrogens (tertiary/aromatic N) is 6. The molecule has 1 aliphatic heterocycles. The van der Waals surface area contributed by atoms with Gasteiger partial charge in [-0.25, -0.2) is 9.97 Å². The Kier molecular flexibility index (Phi) is 4.29. The van der Waals surface area contributed by atoms with Crippen LogP contribution in [0.15, 0.2) is 30.7 Å². The number of fused-ring (bicyclic) bond motifs is 1. The van der Waals surface area contributed by atoms with Crippen molar-refractivity contribution < 1.29 is 5.11 Å². The van der Waals surface area contributed by atoms with Gasteiger partial charge in [0, 0.05) is 44.6 Å². The fourth-order valence-corrected chi connectivity index (χ4v) is 3.24. The normalized spacial score (nSPS) is 17.5. The minimum atomic E-state index is -0.722. The molecule has 0 atom stereocenters. The number of anilines is 1. The van der Waals surface area contributed by atoms with Crippen molar-refractivity contribution in [2.45, 2.75) is 18.4 Å². The molecule has 0 aliphatic carbocycles. The second-order valence-electron chi connectivity index (χ2n) is 7.02. The molecule has 4 heterocycles. The Morgan fingerprint density at radius 1 is 1.19 bits per heavy atom. The van der Waals surface area contributed by atoms with E-state index < -0.39 is 5.60 Å². The summed E-state index contributed by atoms with van der Waals surface area (Å²) in [5.74, 6) is 1.28. The molecule has 0 radical (unpaired) electrons. The predicted molar refractivity (Wildman–Crippen MR) is 99.7 cm³/mol. The first kappa shape index (κ1) is 16.9. The van der Waals surface area contributed by atoms with E-state index in [-0.39, 0.29) is 0 Å². The summed E-state index contributed by atoms with van der Waals surface area (Å²) in [6.07, 6.45) is 6.70. The van der Waals surface area contributed by atoms with E-state index in [0.717, 1.165) is 42.5 Å². The molecule has 0 bridgehead atoms. The molecule has 3 aromatic heterocycles. The van der Waals surface area contributed by atoms with Gasteiger partial charge < -0.3 is 15.3 Å². The van der Waals surface area contributed by atoms with Crippen molar-refractivity contribution in [3.05, 3.63) is 30.7 Å². The van der Waals surface area contributed by atoms with Crippen molar-refractivity contribution in [3.63, 3.8) is 0 Å². The van der Waals surface area contributed by atoms with E-state index in [1.54, 1.807) is 23.3 Å². The van der Waals surface area contributed by atoms with E-state index in [9.17, 15) is 5.11 Å². The van der Waals surface area contributed by atoms with Crippen molar-refractivity contribution in [1.82, 2.24) is 29.6 Å². The highest BCUT2D eigenvalue weighted by Gasteiger charge is 2.31. The monoisotopic (exact) mass is 353 g/mol. The van der Waals surface area contributed by atoms with Gasteiger partial charge in [-0.15, -0.1) is 0 Å². The van der Waals surface area contributed by atoms with Crippen LogP contribution in [0.2, 0.25) is 0 Å². The first-order chi connectivity index (χ1) is 12.5. The van der Waals surface area contributed by atoms with E-state index in [1.165, 1.54) is 0 Å². The van der Waals surface area contributed by atoms with Crippen LogP contribution in [0.1, 0.15) is 12.8 Å². The van der Waals surface area contributed by atoms with E-state index in [4.69, 9.17) is 0 Å². The number of piperidine rings is 1. The smallest absolute Gasteiger partial charge is 0.165 e. The average molecular weight is 353 g/mol. The second kappa shape index (κ2) is 6.62. The molecular formula is C18H23N7O. The van der Waals surface area contributed by atoms with Crippen molar-refractivity contribution >= 4 is 16.9 Å². The molecule has 0 amide bonds. The highest BCUT2D eigenvalue weighted by atomic mass is 16.3. The van der Waals surface area contributed by atoms with Gasteiger partial charge in [0.2, 0.25) is 0 Å². The number of nitrogens with one attached hydrogen (secondary N) is 1. The first-order valence-electron chi connectivity index (χ1n) is 8.79. The third-order valence-electron chi connectivity index (χ3n) is 5.01. The highest BCUT2D eigenvalue weighted by Crippen LogP contribution is 2.26. The Morgan fingerprint density at radius 2 is 2.00 bits per heavy atom. The quantitative estimate of drug-likeness (QED) is 0.730. The van der Waals surface area contributed by atoms with Gasteiger partial charge in [-0.1, -0.05) is 0 Å². The maximum absolute atomic E-state index is 10.9. The third kappa shape index (κ3) is 3.25. The first-order valence-corrected chi connectivity index (χ1v) is 8.79. The van der Waals surface area contributed by atoms with Crippen molar-refractivity contribution in [2.24, 2.45) is 7.05 Å². The Morgan fingerprint density at radius 3 is 2.73 bits per heavy atom. The minimum Gasteiger partial charge on any atom is -0.388 e. The van der Waals surface area contributed by atoms with Crippen LogP contribution in [0, 0.1) is 0 Å². The van der Waals surface area contributed by atoms with Crippen LogP contribution in [0.5, 0.6) is 0 Å². The average Bonchev–Trinajstić information content (AvgIpc) is 3.04. The topological polar surface area (TPSA) is 92.0 Å². The molecule has 3 aromatic rings. The summed E-state index contributed by atoms with van der Waals surface area (Å²) < 4.78 is 1.73. The predicted octanol–water partition coefficient (Wildman–Crippen LogP) is 1.29. The molecule has 1 fully saturated rings. The molecule has 8 heteroatoms. The van der Waals surface area contributed by atoms with Gasteiger partial charge in [-0.2, -0.15) is 5.10 Å². The van der Waals surface area contributed by atoms with Crippen LogP contribution in [-0.2, 0) is 7.05 Å². The number of likely N-dealkylation sites (tertiary alicyclic amines) is 1. The number of aliphatic hydroxyl groups is 1. The molecule has 2 N–H and O–H groups in total. The summed E-state index contributed by atoms with van der Waals surface area (Å²) in [6, 6.07) is 3.79. The number of aromatic nitrogens is 5. The summed E-state index contributed by atoms with van der Waals surface area (Å²) in [5, 5.41) is 19.3. The Bertz CT molecular complexity index is 901. The molecule has 1 aliphatic rings. The zero-order valence-corrected chi connectivity index (χ0v) is 15.1. The van der Waals surface area contributed by atoms with Crippen LogP contribution < -0.4 is 5.32 Å². The van der Waals surface area contributed by atoms with Gasteiger partial charge in [0.05, 0.1) is 17.2 Å². The molecule has 0 saturated carbocycles. The van der Waals surface area contributed by atoms with Gasteiger partial charge in [0.1, 0.15) is 5.82 Å². The SMILES string of the molecule is CN1CCC(O)(CNc2nc(-c3cccnc3)nc3c2cnn3C)CC1. The van der Waals surface area contributed by atoms with Gasteiger partial charge in [0.15, 0.2) is 11.5 Å². The van der Waals surface area contributed by atoms with Gasteiger partial charge in [0.25, 0.3) is 0 Å². The Labute approximate surface area is 151 Å². The molecule has 0 aromatic carbocycles. The zero-order chi connectivity index (χ0) is 18.1. The summed E-state index contributed by atoms with van der Waals surface area (Å²) in [6.45, 7) is 2.24. The maximum atomic E-state index is 10.9. The highest BCUT2D eigenvalue weighted by molar-refractivity contribution is 5.88. The van der Waals surface area contributed by atoms with Crippen LogP contribution in [0.3, 0.4) is 0 Å². The van der Waals surface area contributed by atoms with E-state index >= 15 is 0 Å². The lowest BCUT2D eigenvalue weighted by molar-refractivity contribution is -0.00406. The van der Waals surface area contributed by atoms with Gasteiger partial charge in [-0.3, -0.25) is 9.67 Å². The molecule has 1 saturated heterocycles. The number of hydrogen-bond donors (Lipinski definition) is 2. The van der Waals surface area contributed by atoms with Crippen molar-refractivity contribution in [3.8, 4) is 11.4 Å². The molecule has 0 unspecified atom stereocenters. The number of hydrogen-bond acceptors (Lipinski definition) is 7. The third-order valence-corrected chi connectivity index (χ3v) is 5.01. The van der Waals surface area contributed by atoms with Gasteiger partial charge >= 0.3 is 0 Å².